The first-order valence-corrected chi connectivity index (χ1v) is 8.89. The topological polar surface area (TPSA) is 60.4 Å². The lowest BCUT2D eigenvalue weighted by atomic mass is 10.1. The van der Waals surface area contributed by atoms with Crippen LogP contribution in [0.25, 0.3) is 0 Å². The summed E-state index contributed by atoms with van der Waals surface area (Å²) in [4.78, 5) is 11.9. The summed E-state index contributed by atoms with van der Waals surface area (Å²) in [6.45, 7) is 5.29. The molecule has 0 atom stereocenters. The molecule has 1 aromatic carbocycles. The molecular formula is C16H22O4S. The molecule has 0 amide bonds. The van der Waals surface area contributed by atoms with Crippen molar-refractivity contribution in [1.29, 1.82) is 0 Å². The number of sulfone groups is 1. The Morgan fingerprint density at radius 1 is 1.19 bits per heavy atom. The molecule has 0 N–H and O–H groups in total. The molecule has 0 bridgehead atoms. The summed E-state index contributed by atoms with van der Waals surface area (Å²) in [6, 6.07) is 5.30. The van der Waals surface area contributed by atoms with E-state index in [2.05, 4.69) is 0 Å². The van der Waals surface area contributed by atoms with Crippen LogP contribution in [0.1, 0.15) is 44.7 Å². The molecule has 0 fully saturated rings. The van der Waals surface area contributed by atoms with E-state index in [0.29, 0.717) is 4.90 Å². The van der Waals surface area contributed by atoms with Crippen LogP contribution in [-0.4, -0.2) is 25.7 Å². The van der Waals surface area contributed by atoms with E-state index < -0.39 is 21.4 Å². The second-order valence-electron chi connectivity index (χ2n) is 6.44. The number of carbonyl (C=O) groups is 1. The van der Waals surface area contributed by atoms with Gasteiger partial charge in [0, 0.05) is 0 Å². The molecule has 0 aliphatic heterocycles. The zero-order valence-corrected chi connectivity index (χ0v) is 13.6. The third-order valence-corrected chi connectivity index (χ3v) is 5.14. The van der Waals surface area contributed by atoms with Gasteiger partial charge in [-0.05, 0) is 63.3 Å². The van der Waals surface area contributed by atoms with Gasteiger partial charge in [-0.25, -0.2) is 8.42 Å². The number of aryl methyl sites for hydroxylation is 2. The highest BCUT2D eigenvalue weighted by molar-refractivity contribution is 7.91. The first-order chi connectivity index (χ1) is 9.67. The van der Waals surface area contributed by atoms with E-state index in [4.69, 9.17) is 4.74 Å². The summed E-state index contributed by atoms with van der Waals surface area (Å²) in [6.07, 6.45) is 2.92. The average Bonchev–Trinajstić information content (AvgIpc) is 2.81. The average molecular weight is 310 g/mol. The number of rotatable bonds is 4. The highest BCUT2D eigenvalue weighted by atomic mass is 32.2. The zero-order valence-electron chi connectivity index (χ0n) is 12.8. The van der Waals surface area contributed by atoms with Gasteiger partial charge in [0.15, 0.2) is 9.84 Å². The van der Waals surface area contributed by atoms with Crippen LogP contribution in [0, 0.1) is 0 Å². The van der Waals surface area contributed by atoms with Crippen molar-refractivity contribution in [3.63, 3.8) is 0 Å². The van der Waals surface area contributed by atoms with Crippen LogP contribution < -0.4 is 0 Å². The van der Waals surface area contributed by atoms with Crippen molar-refractivity contribution < 1.29 is 17.9 Å². The maximum atomic E-state index is 12.3. The zero-order chi connectivity index (χ0) is 15.7. The van der Waals surface area contributed by atoms with Gasteiger partial charge in [-0.15, -0.1) is 0 Å². The lowest BCUT2D eigenvalue weighted by Gasteiger charge is -2.19. The molecule has 0 radical (unpaired) electrons. The van der Waals surface area contributed by atoms with Crippen molar-refractivity contribution in [3.8, 4) is 0 Å². The van der Waals surface area contributed by atoms with E-state index in [9.17, 15) is 13.2 Å². The minimum atomic E-state index is -3.43. The second kappa shape index (κ2) is 5.79. The van der Waals surface area contributed by atoms with Crippen molar-refractivity contribution in [2.45, 2.75) is 57.0 Å². The molecule has 0 heterocycles. The van der Waals surface area contributed by atoms with E-state index >= 15 is 0 Å². The van der Waals surface area contributed by atoms with E-state index in [1.807, 2.05) is 6.07 Å². The first kappa shape index (κ1) is 16.0. The molecule has 0 spiro atoms. The van der Waals surface area contributed by atoms with Gasteiger partial charge in [0.1, 0.15) is 5.60 Å². The quantitative estimate of drug-likeness (QED) is 0.802. The third kappa shape index (κ3) is 4.30. The number of hydrogen-bond donors (Lipinski definition) is 0. The molecule has 0 saturated carbocycles. The largest absolute Gasteiger partial charge is 0.460 e. The highest BCUT2D eigenvalue weighted by Crippen LogP contribution is 2.25. The molecule has 21 heavy (non-hydrogen) atoms. The predicted molar refractivity (Wildman–Crippen MR) is 81.0 cm³/mol. The molecule has 0 aromatic heterocycles. The van der Waals surface area contributed by atoms with E-state index in [1.165, 1.54) is 5.56 Å². The second-order valence-corrected chi connectivity index (χ2v) is 8.55. The Morgan fingerprint density at radius 2 is 1.86 bits per heavy atom. The number of esters is 1. The van der Waals surface area contributed by atoms with Gasteiger partial charge in [-0.3, -0.25) is 4.79 Å². The fourth-order valence-electron chi connectivity index (χ4n) is 2.47. The smallest absolute Gasteiger partial charge is 0.307 e. The van der Waals surface area contributed by atoms with Crippen molar-refractivity contribution in [2.75, 3.05) is 5.75 Å². The molecular weight excluding hydrogens is 288 g/mol. The van der Waals surface area contributed by atoms with Gasteiger partial charge in [-0.1, -0.05) is 6.07 Å². The van der Waals surface area contributed by atoms with Gasteiger partial charge in [0.05, 0.1) is 17.1 Å². The van der Waals surface area contributed by atoms with Crippen molar-refractivity contribution in [1.82, 2.24) is 0 Å². The van der Waals surface area contributed by atoms with Crippen molar-refractivity contribution in [3.05, 3.63) is 29.3 Å². The summed E-state index contributed by atoms with van der Waals surface area (Å²) >= 11 is 0. The van der Waals surface area contributed by atoms with Crippen molar-refractivity contribution in [2.24, 2.45) is 0 Å². The Bertz CT molecular complexity index is 639. The Kier molecular flexibility index (Phi) is 4.42. The monoisotopic (exact) mass is 310 g/mol. The Hall–Kier alpha value is -1.36. The lowest BCUT2D eigenvalue weighted by Crippen LogP contribution is -2.25. The van der Waals surface area contributed by atoms with Crippen LogP contribution in [0.2, 0.25) is 0 Å². The molecule has 1 aliphatic carbocycles. The fraction of sp³-hybridized carbons (Fsp3) is 0.562. The minimum Gasteiger partial charge on any atom is -0.460 e. The molecule has 0 saturated heterocycles. The van der Waals surface area contributed by atoms with E-state index in [1.54, 1.807) is 32.9 Å². The van der Waals surface area contributed by atoms with Crippen molar-refractivity contribution >= 4 is 15.8 Å². The van der Waals surface area contributed by atoms with E-state index in [0.717, 1.165) is 24.8 Å². The Labute approximate surface area is 126 Å². The predicted octanol–water partition coefficient (Wildman–Crippen LogP) is 2.68. The van der Waals surface area contributed by atoms with E-state index in [-0.39, 0.29) is 12.2 Å². The van der Waals surface area contributed by atoms with Gasteiger partial charge in [0.25, 0.3) is 0 Å². The summed E-state index contributed by atoms with van der Waals surface area (Å²) < 4.78 is 29.7. The standard InChI is InChI=1S/C16H22O4S/c1-16(2,3)20-15(17)9-10-21(18,19)14-8-7-12-5-4-6-13(12)11-14/h7-8,11H,4-6,9-10H2,1-3H3. The summed E-state index contributed by atoms with van der Waals surface area (Å²) in [5.41, 5.74) is 1.77. The number of hydrogen-bond acceptors (Lipinski definition) is 4. The van der Waals surface area contributed by atoms with Gasteiger partial charge < -0.3 is 4.74 Å². The number of carbonyl (C=O) groups excluding carboxylic acids is 1. The maximum Gasteiger partial charge on any atom is 0.307 e. The molecule has 0 unspecified atom stereocenters. The summed E-state index contributed by atoms with van der Waals surface area (Å²) in [5.74, 6) is -0.687. The summed E-state index contributed by atoms with van der Waals surface area (Å²) in [7, 11) is -3.43. The van der Waals surface area contributed by atoms with Crippen LogP contribution in [0.3, 0.4) is 0 Å². The van der Waals surface area contributed by atoms with Gasteiger partial charge in [-0.2, -0.15) is 0 Å². The van der Waals surface area contributed by atoms with Crippen LogP contribution in [0.4, 0.5) is 0 Å². The van der Waals surface area contributed by atoms with Gasteiger partial charge >= 0.3 is 5.97 Å². The number of benzene rings is 1. The number of ether oxygens (including phenoxy) is 1. The minimum absolute atomic E-state index is 0.114. The number of fused-ring (bicyclic) bond motifs is 1. The van der Waals surface area contributed by atoms with Crippen LogP contribution in [0.15, 0.2) is 23.1 Å². The van der Waals surface area contributed by atoms with Gasteiger partial charge in [0.2, 0.25) is 0 Å². The maximum absolute atomic E-state index is 12.3. The normalized spacial score (nSPS) is 14.8. The molecule has 4 nitrogen and oxygen atoms in total. The molecule has 1 aliphatic rings. The highest BCUT2D eigenvalue weighted by Gasteiger charge is 2.22. The summed E-state index contributed by atoms with van der Waals surface area (Å²) in [5, 5.41) is 0. The molecule has 5 heteroatoms. The SMILES string of the molecule is CC(C)(C)OC(=O)CCS(=O)(=O)c1ccc2c(c1)CCC2. The molecule has 116 valence electrons. The Balaban J connectivity index is 2.04. The van der Waals surface area contributed by atoms with Crippen LogP contribution in [-0.2, 0) is 32.2 Å². The fourth-order valence-corrected chi connectivity index (χ4v) is 3.74. The Morgan fingerprint density at radius 3 is 2.52 bits per heavy atom. The lowest BCUT2D eigenvalue weighted by molar-refractivity contribution is -0.154. The molecule has 2 rings (SSSR count). The first-order valence-electron chi connectivity index (χ1n) is 7.24. The van der Waals surface area contributed by atoms with Crippen LogP contribution in [0.5, 0.6) is 0 Å². The third-order valence-electron chi connectivity index (χ3n) is 3.42. The molecule has 1 aromatic rings. The van der Waals surface area contributed by atoms with Crippen LogP contribution >= 0.6 is 0 Å².